The van der Waals surface area contributed by atoms with Crippen molar-refractivity contribution in [1.29, 1.82) is 0 Å². The molecule has 1 aliphatic heterocycles. The van der Waals surface area contributed by atoms with Gasteiger partial charge in [-0.25, -0.2) is 9.69 Å². The second kappa shape index (κ2) is 5.88. The molecule has 2 heterocycles. The van der Waals surface area contributed by atoms with E-state index in [0.717, 1.165) is 20.9 Å². The van der Waals surface area contributed by atoms with Gasteiger partial charge in [0.25, 0.3) is 0 Å². The Morgan fingerprint density at radius 1 is 1.04 bits per heavy atom. The number of nitrogens with zero attached hydrogens (tertiary/aromatic N) is 4. The first-order valence-corrected chi connectivity index (χ1v) is 7.47. The van der Waals surface area contributed by atoms with Gasteiger partial charge in [0.15, 0.2) is 0 Å². The number of aromatic nitrogens is 2. The molecule has 0 atom stereocenters. The third-order valence-electron chi connectivity index (χ3n) is 3.66. The Morgan fingerprint density at radius 2 is 1.71 bits per heavy atom. The number of imide groups is 2. The fraction of sp³-hybridized carbons (Fsp3) is 0.312. The molecule has 0 spiro atoms. The smallest absolute Gasteiger partial charge is 0.334 e. The molecule has 3 rings (SSSR count). The third kappa shape index (κ3) is 2.66. The average molecular weight is 328 g/mol. The monoisotopic (exact) mass is 328 g/mol. The number of rotatable bonds is 4. The molecule has 1 aliphatic rings. The van der Waals surface area contributed by atoms with Crippen molar-refractivity contribution in [2.45, 2.75) is 33.4 Å². The summed E-state index contributed by atoms with van der Waals surface area (Å²) in [5.74, 6) is -1.35. The van der Waals surface area contributed by atoms with E-state index in [2.05, 4.69) is 10.2 Å². The molecule has 0 saturated carbocycles. The van der Waals surface area contributed by atoms with Crippen LogP contribution < -0.4 is 0 Å². The van der Waals surface area contributed by atoms with Crippen LogP contribution in [0, 0.1) is 6.92 Å². The molecule has 8 heteroatoms. The van der Waals surface area contributed by atoms with Gasteiger partial charge in [-0.15, -0.1) is 10.2 Å². The highest BCUT2D eigenvalue weighted by atomic mass is 16.4. The molecule has 0 N–H and O–H groups in total. The number of hydrogen-bond acceptors (Lipinski definition) is 6. The topological polar surface area (TPSA) is 96.6 Å². The van der Waals surface area contributed by atoms with Crippen molar-refractivity contribution in [2.24, 2.45) is 0 Å². The quantitative estimate of drug-likeness (QED) is 0.626. The highest BCUT2D eigenvalue weighted by Gasteiger charge is 2.46. The molecular weight excluding hydrogens is 312 g/mol. The van der Waals surface area contributed by atoms with Crippen molar-refractivity contribution in [1.82, 2.24) is 20.0 Å². The molecule has 8 nitrogen and oxygen atoms in total. The molecule has 1 fully saturated rings. The summed E-state index contributed by atoms with van der Waals surface area (Å²) in [5, 5.41) is 7.77. The second-order valence-corrected chi connectivity index (χ2v) is 5.81. The summed E-state index contributed by atoms with van der Waals surface area (Å²) in [5.41, 5.74) is 1.83. The van der Waals surface area contributed by atoms with Crippen molar-refractivity contribution >= 4 is 17.8 Å². The standard InChI is InChI=1S/C16H16N4O4/c1-9(2)20-15(22)14(21)19(16(20)23)8-12-17-18-13(24-12)11-6-4-10(3)5-7-11/h4-7,9H,8H2,1-3H3. The normalized spacial score (nSPS) is 15.1. The van der Waals surface area contributed by atoms with E-state index in [1.165, 1.54) is 0 Å². The van der Waals surface area contributed by atoms with E-state index in [0.29, 0.717) is 0 Å². The lowest BCUT2D eigenvalue weighted by Gasteiger charge is -2.17. The molecule has 1 aromatic carbocycles. The zero-order valence-corrected chi connectivity index (χ0v) is 13.5. The number of carbonyl (C=O) groups excluding carboxylic acids is 3. The van der Waals surface area contributed by atoms with Gasteiger partial charge in [0.05, 0.1) is 0 Å². The summed E-state index contributed by atoms with van der Waals surface area (Å²) in [6, 6.07) is 6.42. The van der Waals surface area contributed by atoms with Crippen LogP contribution in [0.5, 0.6) is 0 Å². The molecule has 4 amide bonds. The van der Waals surface area contributed by atoms with E-state index in [4.69, 9.17) is 4.42 Å². The van der Waals surface area contributed by atoms with Gasteiger partial charge in [0.2, 0.25) is 11.8 Å². The SMILES string of the molecule is Cc1ccc(-c2nnc(CN3C(=O)C(=O)N(C(C)C)C3=O)o2)cc1. The maximum Gasteiger partial charge on any atom is 0.334 e. The molecule has 124 valence electrons. The molecular formula is C16H16N4O4. The Morgan fingerprint density at radius 3 is 2.29 bits per heavy atom. The highest BCUT2D eigenvalue weighted by Crippen LogP contribution is 2.21. The summed E-state index contributed by atoms with van der Waals surface area (Å²) in [6.45, 7) is 5.06. The lowest BCUT2D eigenvalue weighted by molar-refractivity contribution is -0.144. The second-order valence-electron chi connectivity index (χ2n) is 5.81. The van der Waals surface area contributed by atoms with Crippen molar-refractivity contribution in [3.63, 3.8) is 0 Å². The van der Waals surface area contributed by atoms with Crippen molar-refractivity contribution in [2.75, 3.05) is 0 Å². The van der Waals surface area contributed by atoms with Crippen LogP contribution in [0.3, 0.4) is 0 Å². The summed E-state index contributed by atoms with van der Waals surface area (Å²) in [7, 11) is 0. The Kier molecular flexibility index (Phi) is 3.88. The minimum Gasteiger partial charge on any atom is -0.419 e. The number of urea groups is 1. The predicted molar refractivity (Wildman–Crippen MR) is 82.4 cm³/mol. The number of amides is 4. The molecule has 2 aromatic rings. The fourth-order valence-electron chi connectivity index (χ4n) is 2.38. The van der Waals surface area contributed by atoms with E-state index >= 15 is 0 Å². The van der Waals surface area contributed by atoms with Crippen molar-refractivity contribution in [3.05, 3.63) is 35.7 Å². The number of hydrogen-bond donors (Lipinski definition) is 0. The van der Waals surface area contributed by atoms with Gasteiger partial charge < -0.3 is 4.42 Å². The maximum atomic E-state index is 12.2. The Balaban J connectivity index is 1.80. The number of benzene rings is 1. The molecule has 0 aliphatic carbocycles. The first-order valence-electron chi connectivity index (χ1n) is 7.47. The van der Waals surface area contributed by atoms with Gasteiger partial charge in [-0.3, -0.25) is 14.5 Å². The molecule has 0 radical (unpaired) electrons. The van der Waals surface area contributed by atoms with Crippen LogP contribution in [0.1, 0.15) is 25.3 Å². The van der Waals surface area contributed by atoms with Crippen LogP contribution in [0.4, 0.5) is 4.79 Å². The fourth-order valence-corrected chi connectivity index (χ4v) is 2.38. The number of carbonyl (C=O) groups is 3. The lowest BCUT2D eigenvalue weighted by Crippen LogP contribution is -2.37. The van der Waals surface area contributed by atoms with Crippen LogP contribution in [0.15, 0.2) is 28.7 Å². The van der Waals surface area contributed by atoms with Gasteiger partial charge >= 0.3 is 17.8 Å². The van der Waals surface area contributed by atoms with Crippen molar-refractivity contribution in [3.8, 4) is 11.5 Å². The van der Waals surface area contributed by atoms with Gasteiger partial charge in [0, 0.05) is 11.6 Å². The van der Waals surface area contributed by atoms with Gasteiger partial charge in [-0.1, -0.05) is 17.7 Å². The largest absolute Gasteiger partial charge is 0.419 e. The molecule has 1 saturated heterocycles. The zero-order valence-electron chi connectivity index (χ0n) is 13.5. The Bertz CT molecular complexity index is 810. The first-order chi connectivity index (χ1) is 11.4. The minimum absolute atomic E-state index is 0.0886. The first kappa shape index (κ1) is 15.9. The molecule has 1 aromatic heterocycles. The van der Waals surface area contributed by atoms with Crippen LogP contribution in [0.25, 0.3) is 11.5 Å². The highest BCUT2D eigenvalue weighted by molar-refractivity contribution is 6.44. The van der Waals surface area contributed by atoms with Crippen LogP contribution >= 0.6 is 0 Å². The Hall–Kier alpha value is -3.03. The van der Waals surface area contributed by atoms with Gasteiger partial charge in [0.1, 0.15) is 6.54 Å². The zero-order chi connectivity index (χ0) is 17.4. The lowest BCUT2D eigenvalue weighted by atomic mass is 10.1. The van der Waals surface area contributed by atoms with E-state index in [9.17, 15) is 14.4 Å². The van der Waals surface area contributed by atoms with Crippen LogP contribution in [-0.2, 0) is 16.1 Å². The molecule has 24 heavy (non-hydrogen) atoms. The number of aryl methyl sites for hydroxylation is 1. The predicted octanol–water partition coefficient (Wildman–Crippen LogP) is 1.74. The summed E-state index contributed by atoms with van der Waals surface area (Å²) in [6.07, 6.45) is 0. The van der Waals surface area contributed by atoms with Crippen molar-refractivity contribution < 1.29 is 18.8 Å². The molecule has 0 unspecified atom stereocenters. The third-order valence-corrected chi connectivity index (χ3v) is 3.66. The maximum absolute atomic E-state index is 12.2. The minimum atomic E-state index is -0.885. The van der Waals surface area contributed by atoms with Gasteiger partial charge in [-0.05, 0) is 32.9 Å². The average Bonchev–Trinajstić information content (AvgIpc) is 3.08. The summed E-state index contributed by atoms with van der Waals surface area (Å²) < 4.78 is 5.50. The summed E-state index contributed by atoms with van der Waals surface area (Å²) >= 11 is 0. The molecule has 0 bridgehead atoms. The summed E-state index contributed by atoms with van der Waals surface area (Å²) in [4.78, 5) is 37.8. The van der Waals surface area contributed by atoms with E-state index < -0.39 is 23.9 Å². The van der Waals surface area contributed by atoms with Crippen LogP contribution in [-0.4, -0.2) is 43.9 Å². The van der Waals surface area contributed by atoms with E-state index in [-0.39, 0.29) is 18.3 Å². The van der Waals surface area contributed by atoms with E-state index in [1.54, 1.807) is 13.8 Å². The van der Waals surface area contributed by atoms with Gasteiger partial charge in [-0.2, -0.15) is 0 Å². The van der Waals surface area contributed by atoms with E-state index in [1.807, 2.05) is 31.2 Å². The Labute approximate surface area is 138 Å². The van der Waals surface area contributed by atoms with Crippen LogP contribution in [0.2, 0.25) is 0 Å².